The molecule has 174 valence electrons. The van der Waals surface area contributed by atoms with Crippen molar-refractivity contribution < 1.29 is 37.3 Å². The third-order valence-corrected chi connectivity index (χ3v) is 5.04. The van der Waals surface area contributed by atoms with Crippen molar-refractivity contribution in [1.29, 1.82) is 0 Å². The van der Waals surface area contributed by atoms with Crippen LogP contribution in [0, 0.1) is 5.92 Å². The zero-order valence-electron chi connectivity index (χ0n) is 17.7. The molecule has 0 aromatic carbocycles. The molecule has 1 aromatic rings. The van der Waals surface area contributed by atoms with Crippen molar-refractivity contribution in [1.82, 2.24) is 15.2 Å². The standard InChI is InChI=1S/C18H27N3O3.C2HF3O2/c1-12(2)20-17(22)15-9-13-6-8-21(11-16(13)24-15)10-14-5-4-7-19-18(14)23-3;3-2(4,5)1(6)7/h4-5,7,12-13,15-16H,6,8-11H2,1-3H3,(H,20,22);(H,6,7)/t13-,15+,16-;/m0./s1. The van der Waals surface area contributed by atoms with E-state index in [0.29, 0.717) is 11.8 Å². The van der Waals surface area contributed by atoms with Gasteiger partial charge in [0, 0.05) is 30.9 Å². The van der Waals surface area contributed by atoms with Crippen molar-refractivity contribution in [3.8, 4) is 5.88 Å². The number of carboxylic acids is 1. The van der Waals surface area contributed by atoms with Crippen molar-refractivity contribution in [3.05, 3.63) is 23.9 Å². The number of nitrogens with one attached hydrogen (secondary N) is 1. The van der Waals surface area contributed by atoms with Crippen LogP contribution in [0.25, 0.3) is 0 Å². The van der Waals surface area contributed by atoms with Gasteiger partial charge in [-0.1, -0.05) is 6.07 Å². The van der Waals surface area contributed by atoms with E-state index in [1.54, 1.807) is 13.3 Å². The molecule has 1 aromatic heterocycles. The molecule has 2 aliphatic rings. The van der Waals surface area contributed by atoms with E-state index >= 15 is 0 Å². The number of nitrogens with zero attached hydrogens (tertiary/aromatic N) is 2. The van der Waals surface area contributed by atoms with Gasteiger partial charge in [0.05, 0.1) is 13.2 Å². The quantitative estimate of drug-likeness (QED) is 0.714. The Bertz CT molecular complexity index is 760. The minimum atomic E-state index is -5.08. The molecule has 0 saturated carbocycles. The summed E-state index contributed by atoms with van der Waals surface area (Å²) in [7, 11) is 1.65. The summed E-state index contributed by atoms with van der Waals surface area (Å²) in [5.74, 6) is -1.56. The van der Waals surface area contributed by atoms with Gasteiger partial charge in [-0.05, 0) is 45.2 Å². The van der Waals surface area contributed by atoms with Gasteiger partial charge in [0.2, 0.25) is 11.8 Å². The van der Waals surface area contributed by atoms with Gasteiger partial charge in [0.1, 0.15) is 6.10 Å². The fourth-order valence-electron chi connectivity index (χ4n) is 3.65. The smallest absolute Gasteiger partial charge is 0.481 e. The van der Waals surface area contributed by atoms with E-state index in [2.05, 4.69) is 15.2 Å². The Morgan fingerprint density at radius 2 is 2.10 bits per heavy atom. The lowest BCUT2D eigenvalue weighted by Gasteiger charge is -2.34. The Hall–Kier alpha value is -2.40. The van der Waals surface area contributed by atoms with Gasteiger partial charge in [-0.2, -0.15) is 13.2 Å². The van der Waals surface area contributed by atoms with E-state index in [4.69, 9.17) is 19.4 Å². The fourth-order valence-corrected chi connectivity index (χ4v) is 3.65. The lowest BCUT2D eigenvalue weighted by Crippen LogP contribution is -2.42. The number of amides is 1. The maximum absolute atomic E-state index is 12.2. The number of rotatable bonds is 5. The van der Waals surface area contributed by atoms with Crippen LogP contribution in [-0.2, 0) is 20.9 Å². The van der Waals surface area contributed by atoms with Crippen molar-refractivity contribution in [2.24, 2.45) is 5.92 Å². The molecule has 0 aliphatic carbocycles. The number of aromatic nitrogens is 1. The highest BCUT2D eigenvalue weighted by molar-refractivity contribution is 5.81. The normalized spacial score (nSPS) is 23.5. The van der Waals surface area contributed by atoms with Crippen LogP contribution >= 0.6 is 0 Å². The summed E-state index contributed by atoms with van der Waals surface area (Å²) in [6.45, 7) is 6.62. The van der Waals surface area contributed by atoms with E-state index in [1.807, 2.05) is 26.0 Å². The number of aliphatic carboxylic acids is 1. The summed E-state index contributed by atoms with van der Waals surface area (Å²) in [6.07, 6.45) is -1.59. The second-order valence-corrected chi connectivity index (χ2v) is 7.82. The van der Waals surface area contributed by atoms with E-state index < -0.39 is 12.1 Å². The van der Waals surface area contributed by atoms with Gasteiger partial charge >= 0.3 is 12.1 Å². The first-order valence-corrected chi connectivity index (χ1v) is 9.97. The molecule has 2 fully saturated rings. The molecule has 3 atom stereocenters. The topological polar surface area (TPSA) is 101 Å². The lowest BCUT2D eigenvalue weighted by molar-refractivity contribution is -0.192. The first kappa shape index (κ1) is 24.9. The number of pyridine rings is 1. The Balaban J connectivity index is 0.000000423. The molecule has 3 rings (SSSR count). The molecule has 0 bridgehead atoms. The summed E-state index contributed by atoms with van der Waals surface area (Å²) in [5.41, 5.74) is 1.09. The summed E-state index contributed by atoms with van der Waals surface area (Å²) in [5, 5.41) is 10.1. The van der Waals surface area contributed by atoms with Gasteiger partial charge in [-0.25, -0.2) is 9.78 Å². The minimum absolute atomic E-state index is 0.0277. The molecule has 2 saturated heterocycles. The lowest BCUT2D eigenvalue weighted by atomic mass is 9.91. The van der Waals surface area contributed by atoms with Crippen molar-refractivity contribution in [2.75, 3.05) is 20.2 Å². The average molecular weight is 447 g/mol. The number of piperidine rings is 1. The monoisotopic (exact) mass is 447 g/mol. The van der Waals surface area contributed by atoms with Gasteiger partial charge < -0.3 is 19.9 Å². The molecular formula is C20H28F3N3O5. The molecule has 8 nitrogen and oxygen atoms in total. The number of methoxy groups -OCH3 is 1. The zero-order chi connectivity index (χ0) is 23.2. The minimum Gasteiger partial charge on any atom is -0.481 e. The number of fused-ring (bicyclic) bond motifs is 1. The third kappa shape index (κ3) is 7.35. The molecule has 11 heteroatoms. The Kier molecular flexibility index (Phi) is 8.63. The first-order chi connectivity index (χ1) is 14.5. The van der Waals surface area contributed by atoms with Crippen LogP contribution in [0.3, 0.4) is 0 Å². The van der Waals surface area contributed by atoms with Crippen LogP contribution in [0.4, 0.5) is 13.2 Å². The number of carbonyl (C=O) groups is 2. The SMILES string of the molecule is COc1ncccc1CN1CC[C@H]2C[C@H](C(=O)NC(C)C)O[C@H]2C1.O=C(O)C(F)(F)F. The van der Waals surface area contributed by atoms with Gasteiger partial charge in [0.25, 0.3) is 0 Å². The maximum atomic E-state index is 12.2. The number of hydrogen-bond donors (Lipinski definition) is 2. The molecule has 0 radical (unpaired) electrons. The van der Waals surface area contributed by atoms with Crippen LogP contribution in [0.5, 0.6) is 5.88 Å². The number of ether oxygens (including phenoxy) is 2. The van der Waals surface area contributed by atoms with Crippen molar-refractivity contribution in [3.63, 3.8) is 0 Å². The highest BCUT2D eigenvalue weighted by atomic mass is 19.4. The van der Waals surface area contributed by atoms with E-state index in [9.17, 15) is 18.0 Å². The number of likely N-dealkylation sites (tertiary alicyclic amines) is 1. The largest absolute Gasteiger partial charge is 0.490 e. The predicted octanol–water partition coefficient (Wildman–Crippen LogP) is 2.23. The molecule has 0 unspecified atom stereocenters. The Morgan fingerprint density at radius 1 is 1.42 bits per heavy atom. The zero-order valence-corrected chi connectivity index (χ0v) is 17.7. The molecule has 3 heterocycles. The molecule has 1 amide bonds. The number of carbonyl (C=O) groups excluding carboxylic acids is 1. The number of hydrogen-bond acceptors (Lipinski definition) is 6. The van der Waals surface area contributed by atoms with Crippen LogP contribution in [0.2, 0.25) is 0 Å². The number of carboxylic acid groups (broad SMARTS) is 1. The van der Waals surface area contributed by atoms with Gasteiger partial charge in [-0.15, -0.1) is 0 Å². The molecule has 2 N–H and O–H groups in total. The highest BCUT2D eigenvalue weighted by Gasteiger charge is 2.42. The number of halogens is 3. The van der Waals surface area contributed by atoms with E-state index in [0.717, 1.165) is 38.0 Å². The van der Waals surface area contributed by atoms with Crippen LogP contribution in [-0.4, -0.2) is 71.5 Å². The second-order valence-electron chi connectivity index (χ2n) is 7.82. The van der Waals surface area contributed by atoms with E-state index in [1.165, 1.54) is 0 Å². The van der Waals surface area contributed by atoms with Crippen LogP contribution in [0.15, 0.2) is 18.3 Å². The number of alkyl halides is 3. The Labute approximate surface area is 178 Å². The summed E-state index contributed by atoms with van der Waals surface area (Å²) < 4.78 is 43.1. The summed E-state index contributed by atoms with van der Waals surface area (Å²) in [6, 6.07) is 4.13. The fraction of sp³-hybridized carbons (Fsp3) is 0.650. The average Bonchev–Trinajstić information content (AvgIpc) is 3.11. The van der Waals surface area contributed by atoms with Crippen molar-refractivity contribution in [2.45, 2.75) is 57.7 Å². The maximum Gasteiger partial charge on any atom is 0.490 e. The molecule has 31 heavy (non-hydrogen) atoms. The van der Waals surface area contributed by atoms with Gasteiger partial charge in [-0.3, -0.25) is 9.69 Å². The molecule has 2 aliphatic heterocycles. The second kappa shape index (κ2) is 10.8. The summed E-state index contributed by atoms with van der Waals surface area (Å²) in [4.78, 5) is 27.7. The molecule has 0 spiro atoms. The highest BCUT2D eigenvalue weighted by Crippen LogP contribution is 2.34. The molecular weight excluding hydrogens is 419 g/mol. The van der Waals surface area contributed by atoms with Gasteiger partial charge in [0.15, 0.2) is 0 Å². The Morgan fingerprint density at radius 3 is 2.68 bits per heavy atom. The van der Waals surface area contributed by atoms with Crippen LogP contribution < -0.4 is 10.1 Å². The third-order valence-electron chi connectivity index (χ3n) is 5.04. The predicted molar refractivity (Wildman–Crippen MR) is 104 cm³/mol. The van der Waals surface area contributed by atoms with E-state index in [-0.39, 0.29) is 24.2 Å². The summed E-state index contributed by atoms with van der Waals surface area (Å²) >= 11 is 0. The first-order valence-electron chi connectivity index (χ1n) is 9.97. The van der Waals surface area contributed by atoms with Crippen molar-refractivity contribution >= 4 is 11.9 Å². The van der Waals surface area contributed by atoms with Crippen LogP contribution in [0.1, 0.15) is 32.3 Å².